The highest BCUT2D eigenvalue weighted by Gasteiger charge is 2.34. The Kier molecular flexibility index (Phi) is 5.36. The zero-order valence-electron chi connectivity index (χ0n) is 14.0. The normalized spacial score (nSPS) is 11.7. The number of rotatable bonds is 3. The third-order valence-electron chi connectivity index (χ3n) is 3.96. The predicted octanol–water partition coefficient (Wildman–Crippen LogP) is 6.45. The van der Waals surface area contributed by atoms with E-state index in [0.29, 0.717) is 0 Å². The summed E-state index contributed by atoms with van der Waals surface area (Å²) in [6.45, 7) is 1.12. The number of hydrogen-bond donors (Lipinski definition) is 2. The van der Waals surface area contributed by atoms with E-state index in [9.17, 15) is 22.8 Å². The van der Waals surface area contributed by atoms with Gasteiger partial charge in [0.25, 0.3) is 0 Å². The summed E-state index contributed by atoms with van der Waals surface area (Å²) < 4.78 is 40.1. The molecule has 3 aromatic rings. The van der Waals surface area contributed by atoms with Crippen LogP contribution in [0.15, 0.2) is 35.1 Å². The molecule has 0 aliphatic carbocycles. The SMILES string of the molecule is CC(=O)c1c(Nc2ccc(Cl)cc2C(F)(F)F)[nH]c2c(Cl)ccc(Cl)c2c1=O. The molecule has 0 atom stereocenters. The Morgan fingerprint density at radius 1 is 1.07 bits per heavy atom. The highest BCUT2D eigenvalue weighted by molar-refractivity contribution is 6.40. The number of aromatic nitrogens is 1. The number of carbonyl (C=O) groups excluding carboxylic acids is 1. The fourth-order valence-electron chi connectivity index (χ4n) is 2.75. The van der Waals surface area contributed by atoms with Crippen molar-refractivity contribution < 1.29 is 18.0 Å². The van der Waals surface area contributed by atoms with Gasteiger partial charge in [0, 0.05) is 5.02 Å². The number of nitrogens with one attached hydrogen (secondary N) is 2. The van der Waals surface area contributed by atoms with E-state index in [-0.39, 0.29) is 37.4 Å². The third kappa shape index (κ3) is 3.70. The molecule has 0 spiro atoms. The first-order valence-electron chi connectivity index (χ1n) is 7.69. The number of H-pyrrole nitrogens is 1. The summed E-state index contributed by atoms with van der Waals surface area (Å²) in [5.74, 6) is -0.897. The molecule has 0 saturated heterocycles. The minimum Gasteiger partial charge on any atom is -0.341 e. The molecule has 4 nitrogen and oxygen atoms in total. The lowest BCUT2D eigenvalue weighted by molar-refractivity contribution is -0.136. The maximum absolute atomic E-state index is 13.4. The van der Waals surface area contributed by atoms with Crippen LogP contribution in [0.25, 0.3) is 10.9 Å². The molecule has 1 heterocycles. The predicted molar refractivity (Wildman–Crippen MR) is 104 cm³/mol. The van der Waals surface area contributed by atoms with Crippen molar-refractivity contribution in [3.8, 4) is 0 Å². The maximum Gasteiger partial charge on any atom is 0.418 e. The zero-order chi connectivity index (χ0) is 20.8. The van der Waals surface area contributed by atoms with Crippen LogP contribution in [-0.4, -0.2) is 10.8 Å². The minimum atomic E-state index is -4.72. The smallest absolute Gasteiger partial charge is 0.341 e. The Bertz CT molecular complexity index is 1170. The Morgan fingerprint density at radius 3 is 2.32 bits per heavy atom. The third-order valence-corrected chi connectivity index (χ3v) is 4.82. The summed E-state index contributed by atoms with van der Waals surface area (Å²) in [6.07, 6.45) is -4.72. The van der Waals surface area contributed by atoms with Gasteiger partial charge in [0.15, 0.2) is 5.78 Å². The second kappa shape index (κ2) is 7.31. The van der Waals surface area contributed by atoms with E-state index in [1.165, 1.54) is 18.2 Å². The van der Waals surface area contributed by atoms with Gasteiger partial charge in [-0.25, -0.2) is 0 Å². The summed E-state index contributed by atoms with van der Waals surface area (Å²) in [7, 11) is 0. The lowest BCUT2D eigenvalue weighted by Gasteiger charge is -2.17. The van der Waals surface area contributed by atoms with Gasteiger partial charge in [-0.2, -0.15) is 13.2 Å². The van der Waals surface area contributed by atoms with Gasteiger partial charge in [0.2, 0.25) is 5.43 Å². The van der Waals surface area contributed by atoms with Crippen molar-refractivity contribution in [1.82, 2.24) is 4.98 Å². The van der Waals surface area contributed by atoms with Crippen LogP contribution in [0.4, 0.5) is 24.7 Å². The summed E-state index contributed by atoms with van der Waals surface area (Å²) in [6, 6.07) is 5.88. The van der Waals surface area contributed by atoms with Gasteiger partial charge in [-0.05, 0) is 37.3 Å². The molecule has 2 N–H and O–H groups in total. The fraction of sp³-hybridized carbons (Fsp3) is 0.111. The molecular formula is C18H10Cl3F3N2O2. The van der Waals surface area contributed by atoms with Crippen LogP contribution in [0.2, 0.25) is 15.1 Å². The first kappa shape index (κ1) is 20.5. The zero-order valence-corrected chi connectivity index (χ0v) is 16.2. The number of alkyl halides is 3. The first-order valence-corrected chi connectivity index (χ1v) is 8.82. The van der Waals surface area contributed by atoms with Crippen LogP contribution in [0.3, 0.4) is 0 Å². The largest absolute Gasteiger partial charge is 0.418 e. The van der Waals surface area contributed by atoms with Crippen molar-refractivity contribution in [1.29, 1.82) is 0 Å². The van der Waals surface area contributed by atoms with Crippen LogP contribution >= 0.6 is 34.8 Å². The maximum atomic E-state index is 13.4. The molecule has 10 heteroatoms. The van der Waals surface area contributed by atoms with Gasteiger partial charge in [0.05, 0.1) is 32.2 Å². The van der Waals surface area contributed by atoms with E-state index >= 15 is 0 Å². The number of pyridine rings is 1. The van der Waals surface area contributed by atoms with E-state index in [4.69, 9.17) is 34.8 Å². The number of fused-ring (bicyclic) bond motifs is 1. The van der Waals surface area contributed by atoms with Crippen molar-refractivity contribution >= 4 is 63.0 Å². The van der Waals surface area contributed by atoms with Crippen LogP contribution in [-0.2, 0) is 6.18 Å². The topological polar surface area (TPSA) is 62.0 Å². The lowest BCUT2D eigenvalue weighted by atomic mass is 10.1. The van der Waals surface area contributed by atoms with Crippen molar-refractivity contribution in [2.24, 2.45) is 0 Å². The molecule has 28 heavy (non-hydrogen) atoms. The van der Waals surface area contributed by atoms with E-state index in [2.05, 4.69) is 10.3 Å². The highest BCUT2D eigenvalue weighted by atomic mass is 35.5. The Morgan fingerprint density at radius 2 is 1.71 bits per heavy atom. The Balaban J connectivity index is 2.31. The molecule has 0 amide bonds. The van der Waals surface area contributed by atoms with Gasteiger partial charge in [-0.1, -0.05) is 34.8 Å². The Hall–Kier alpha value is -2.22. The monoisotopic (exact) mass is 448 g/mol. The number of hydrogen-bond acceptors (Lipinski definition) is 3. The quantitative estimate of drug-likeness (QED) is 0.452. The fourth-order valence-corrected chi connectivity index (χ4v) is 3.37. The van der Waals surface area contributed by atoms with Gasteiger partial charge in [-0.15, -0.1) is 0 Å². The summed E-state index contributed by atoms with van der Waals surface area (Å²) in [5, 5.41) is 2.50. The van der Waals surface area contributed by atoms with Crippen molar-refractivity contribution in [2.75, 3.05) is 5.32 Å². The molecular weight excluding hydrogens is 440 g/mol. The molecule has 0 aliphatic rings. The van der Waals surface area contributed by atoms with E-state index in [1.807, 2.05) is 0 Å². The number of halogens is 6. The van der Waals surface area contributed by atoms with Crippen LogP contribution in [0.1, 0.15) is 22.8 Å². The average Bonchev–Trinajstić information content (AvgIpc) is 2.58. The van der Waals surface area contributed by atoms with Crippen LogP contribution < -0.4 is 10.7 Å². The second-order valence-corrected chi connectivity index (χ2v) is 7.10. The molecule has 3 rings (SSSR count). The number of Topliss-reactive ketones (excluding diaryl/α,β-unsaturated/α-hetero) is 1. The molecule has 0 radical (unpaired) electrons. The minimum absolute atomic E-state index is 0.0305. The number of ketones is 1. The molecule has 0 fully saturated rings. The molecule has 2 aromatic carbocycles. The lowest BCUT2D eigenvalue weighted by Crippen LogP contribution is -2.19. The number of aromatic amines is 1. The first-order chi connectivity index (χ1) is 13.0. The van der Waals surface area contributed by atoms with Crippen molar-refractivity contribution in [2.45, 2.75) is 13.1 Å². The second-order valence-electron chi connectivity index (χ2n) is 5.85. The van der Waals surface area contributed by atoms with Crippen LogP contribution in [0, 0.1) is 0 Å². The molecule has 0 bridgehead atoms. The van der Waals surface area contributed by atoms with Crippen molar-refractivity contribution in [3.05, 3.63) is 66.7 Å². The van der Waals surface area contributed by atoms with E-state index < -0.39 is 28.6 Å². The molecule has 0 unspecified atom stereocenters. The Labute approximate surface area is 171 Å². The van der Waals surface area contributed by atoms with Gasteiger partial charge < -0.3 is 10.3 Å². The highest BCUT2D eigenvalue weighted by Crippen LogP contribution is 2.38. The number of carbonyl (C=O) groups is 1. The number of anilines is 2. The van der Waals surface area contributed by atoms with Gasteiger partial charge >= 0.3 is 6.18 Å². The van der Waals surface area contributed by atoms with Gasteiger partial charge in [-0.3, -0.25) is 9.59 Å². The summed E-state index contributed by atoms with van der Waals surface area (Å²) >= 11 is 17.8. The summed E-state index contributed by atoms with van der Waals surface area (Å²) in [5.41, 5.74) is -2.49. The van der Waals surface area contributed by atoms with Crippen molar-refractivity contribution in [3.63, 3.8) is 0 Å². The van der Waals surface area contributed by atoms with E-state index in [0.717, 1.165) is 19.1 Å². The molecule has 1 aromatic heterocycles. The standard InChI is InChI=1S/C18H10Cl3F3N2O2/c1-7(27)13-16(28)14-10(20)3-4-11(21)15(14)26-17(13)25-12-5-2-8(19)6-9(12)18(22,23)24/h2-6H,1H3,(H2,25,26,28). The van der Waals surface area contributed by atoms with E-state index in [1.54, 1.807) is 0 Å². The molecule has 0 saturated carbocycles. The van der Waals surface area contributed by atoms with Gasteiger partial charge in [0.1, 0.15) is 11.4 Å². The van der Waals surface area contributed by atoms with Crippen LogP contribution in [0.5, 0.6) is 0 Å². The number of benzene rings is 2. The molecule has 0 aliphatic heterocycles. The summed E-state index contributed by atoms with van der Waals surface area (Å²) in [4.78, 5) is 27.6. The molecule has 146 valence electrons. The average molecular weight is 450 g/mol.